The number of nitrogens with one attached hydrogen (secondary N) is 1. The summed E-state index contributed by atoms with van der Waals surface area (Å²) >= 11 is 1.90. The Hall–Kier alpha value is -1.41. The molecule has 2 aromatic carbocycles. The third-order valence-corrected chi connectivity index (χ3v) is 3.98. The first kappa shape index (κ1) is 14.0. The molecule has 0 aromatic heterocycles. The molecule has 0 unspecified atom stereocenters. The molecular formula is C17H21NS. The van der Waals surface area contributed by atoms with Crippen molar-refractivity contribution in [3.63, 3.8) is 0 Å². The van der Waals surface area contributed by atoms with Gasteiger partial charge in [0, 0.05) is 22.9 Å². The zero-order valence-corrected chi connectivity index (χ0v) is 12.2. The molecule has 0 radical (unpaired) electrons. The van der Waals surface area contributed by atoms with Gasteiger partial charge in [-0.05, 0) is 30.2 Å². The van der Waals surface area contributed by atoms with Gasteiger partial charge in [0.05, 0.1) is 0 Å². The van der Waals surface area contributed by atoms with Crippen molar-refractivity contribution in [2.75, 3.05) is 17.6 Å². The second-order valence-corrected chi connectivity index (χ2v) is 5.66. The molecule has 0 heterocycles. The van der Waals surface area contributed by atoms with Crippen LogP contribution in [0.25, 0.3) is 0 Å². The van der Waals surface area contributed by atoms with Gasteiger partial charge in [0.2, 0.25) is 0 Å². The number of thioether (sulfide) groups is 1. The van der Waals surface area contributed by atoms with E-state index in [-0.39, 0.29) is 0 Å². The summed E-state index contributed by atoms with van der Waals surface area (Å²) in [7, 11) is 0. The van der Waals surface area contributed by atoms with E-state index in [4.69, 9.17) is 0 Å². The molecule has 0 saturated heterocycles. The Balaban J connectivity index is 1.79. The fourth-order valence-electron chi connectivity index (χ4n) is 2.05. The number of anilines is 1. The van der Waals surface area contributed by atoms with Crippen molar-refractivity contribution in [3.8, 4) is 0 Å². The van der Waals surface area contributed by atoms with Crippen molar-refractivity contribution in [1.82, 2.24) is 0 Å². The molecule has 2 heteroatoms. The maximum atomic E-state index is 3.55. The largest absolute Gasteiger partial charge is 0.384 e. The minimum Gasteiger partial charge on any atom is -0.384 e. The normalized spacial score (nSPS) is 10.4. The molecule has 0 spiro atoms. The van der Waals surface area contributed by atoms with Gasteiger partial charge in [-0.2, -0.15) is 0 Å². The van der Waals surface area contributed by atoms with Crippen molar-refractivity contribution in [2.45, 2.75) is 24.7 Å². The molecule has 0 aliphatic carbocycles. The third kappa shape index (κ3) is 4.64. The third-order valence-electron chi connectivity index (χ3n) is 2.97. The molecule has 2 aromatic rings. The first-order chi connectivity index (χ1) is 9.40. The van der Waals surface area contributed by atoms with Gasteiger partial charge in [-0.1, -0.05) is 49.7 Å². The van der Waals surface area contributed by atoms with Gasteiger partial charge in [-0.3, -0.25) is 0 Å². The van der Waals surface area contributed by atoms with Gasteiger partial charge < -0.3 is 5.32 Å². The van der Waals surface area contributed by atoms with Gasteiger partial charge in [0.1, 0.15) is 0 Å². The Morgan fingerprint density at radius 2 is 1.68 bits per heavy atom. The fraction of sp³-hybridized carbons (Fsp3) is 0.294. The first-order valence-electron chi connectivity index (χ1n) is 6.90. The van der Waals surface area contributed by atoms with Gasteiger partial charge in [0.15, 0.2) is 0 Å². The standard InChI is InChI=1S/C17H21NS/c1-2-8-15-9-6-7-12-17(15)18-13-14-19-16-10-4-3-5-11-16/h3-7,9-12,18H,2,8,13-14H2,1H3. The molecule has 0 saturated carbocycles. The molecule has 0 aliphatic rings. The van der Waals surface area contributed by atoms with Crippen LogP contribution in [0.1, 0.15) is 18.9 Å². The fourth-order valence-corrected chi connectivity index (χ4v) is 2.84. The number of hydrogen-bond donors (Lipinski definition) is 1. The van der Waals surface area contributed by atoms with Crippen LogP contribution in [0.15, 0.2) is 59.5 Å². The molecule has 0 aliphatic heterocycles. The molecule has 0 amide bonds. The zero-order valence-electron chi connectivity index (χ0n) is 11.4. The molecule has 1 N–H and O–H groups in total. The van der Waals surface area contributed by atoms with Crippen LogP contribution in [0.4, 0.5) is 5.69 Å². The quantitative estimate of drug-likeness (QED) is 0.571. The maximum absolute atomic E-state index is 3.55. The number of para-hydroxylation sites is 1. The zero-order chi connectivity index (χ0) is 13.3. The average molecular weight is 271 g/mol. The van der Waals surface area contributed by atoms with E-state index in [9.17, 15) is 0 Å². The molecule has 2 rings (SSSR count). The highest BCUT2D eigenvalue weighted by atomic mass is 32.2. The second-order valence-electron chi connectivity index (χ2n) is 4.50. The van der Waals surface area contributed by atoms with E-state index in [0.717, 1.165) is 18.7 Å². The second kappa shape index (κ2) is 7.90. The molecular weight excluding hydrogens is 250 g/mol. The summed E-state index contributed by atoms with van der Waals surface area (Å²) in [6, 6.07) is 19.2. The average Bonchev–Trinajstić information content (AvgIpc) is 2.47. The monoisotopic (exact) mass is 271 g/mol. The lowest BCUT2D eigenvalue weighted by atomic mass is 10.1. The molecule has 19 heavy (non-hydrogen) atoms. The number of benzene rings is 2. The summed E-state index contributed by atoms with van der Waals surface area (Å²) in [5.41, 5.74) is 2.72. The van der Waals surface area contributed by atoms with Crippen molar-refractivity contribution < 1.29 is 0 Å². The van der Waals surface area contributed by atoms with E-state index >= 15 is 0 Å². The van der Waals surface area contributed by atoms with Crippen LogP contribution in [-0.4, -0.2) is 12.3 Å². The minimum absolute atomic E-state index is 1.00. The van der Waals surface area contributed by atoms with E-state index in [1.807, 2.05) is 11.8 Å². The Morgan fingerprint density at radius 1 is 0.947 bits per heavy atom. The van der Waals surface area contributed by atoms with Crippen molar-refractivity contribution in [3.05, 3.63) is 60.2 Å². The van der Waals surface area contributed by atoms with E-state index in [1.54, 1.807) is 0 Å². The van der Waals surface area contributed by atoms with Gasteiger partial charge in [-0.25, -0.2) is 0 Å². The van der Waals surface area contributed by atoms with Crippen LogP contribution in [-0.2, 0) is 6.42 Å². The highest BCUT2D eigenvalue weighted by molar-refractivity contribution is 7.99. The lowest BCUT2D eigenvalue weighted by Gasteiger charge is -2.11. The SMILES string of the molecule is CCCc1ccccc1NCCSc1ccccc1. The van der Waals surface area contributed by atoms with Crippen LogP contribution in [0.3, 0.4) is 0 Å². The Labute approximate surface area is 120 Å². The van der Waals surface area contributed by atoms with Crippen LogP contribution < -0.4 is 5.32 Å². The lowest BCUT2D eigenvalue weighted by Crippen LogP contribution is -2.06. The van der Waals surface area contributed by atoms with Gasteiger partial charge >= 0.3 is 0 Å². The summed E-state index contributed by atoms with van der Waals surface area (Å²) in [5.74, 6) is 1.09. The van der Waals surface area contributed by atoms with E-state index in [2.05, 4.69) is 66.8 Å². The number of aryl methyl sites for hydroxylation is 1. The first-order valence-corrected chi connectivity index (χ1v) is 7.88. The number of hydrogen-bond acceptors (Lipinski definition) is 2. The van der Waals surface area contributed by atoms with Gasteiger partial charge in [-0.15, -0.1) is 11.8 Å². The van der Waals surface area contributed by atoms with E-state index in [1.165, 1.54) is 22.6 Å². The Morgan fingerprint density at radius 3 is 2.47 bits per heavy atom. The van der Waals surface area contributed by atoms with Crippen LogP contribution in [0.5, 0.6) is 0 Å². The summed E-state index contributed by atoms with van der Waals surface area (Å²) in [5, 5.41) is 3.55. The van der Waals surface area contributed by atoms with Crippen molar-refractivity contribution in [1.29, 1.82) is 0 Å². The lowest BCUT2D eigenvalue weighted by molar-refractivity contribution is 0.921. The predicted molar refractivity (Wildman–Crippen MR) is 86.1 cm³/mol. The maximum Gasteiger partial charge on any atom is 0.0372 e. The van der Waals surface area contributed by atoms with Crippen molar-refractivity contribution >= 4 is 17.4 Å². The molecule has 0 bridgehead atoms. The van der Waals surface area contributed by atoms with E-state index in [0.29, 0.717) is 0 Å². The topological polar surface area (TPSA) is 12.0 Å². The summed E-state index contributed by atoms with van der Waals surface area (Å²) < 4.78 is 0. The molecule has 0 fully saturated rings. The number of rotatable bonds is 7. The molecule has 100 valence electrons. The summed E-state index contributed by atoms with van der Waals surface area (Å²) in [6.45, 7) is 3.22. The molecule has 1 nitrogen and oxygen atoms in total. The smallest absolute Gasteiger partial charge is 0.0372 e. The van der Waals surface area contributed by atoms with Gasteiger partial charge in [0.25, 0.3) is 0 Å². The Kier molecular flexibility index (Phi) is 5.83. The minimum atomic E-state index is 1.00. The highest BCUT2D eigenvalue weighted by Gasteiger charge is 1.99. The Bertz CT molecular complexity index is 482. The van der Waals surface area contributed by atoms with Crippen LogP contribution in [0.2, 0.25) is 0 Å². The summed E-state index contributed by atoms with van der Waals surface area (Å²) in [4.78, 5) is 1.34. The van der Waals surface area contributed by atoms with Crippen LogP contribution in [0, 0.1) is 0 Å². The highest BCUT2D eigenvalue weighted by Crippen LogP contribution is 2.19. The summed E-state index contributed by atoms with van der Waals surface area (Å²) in [6.07, 6.45) is 2.34. The molecule has 0 atom stereocenters. The van der Waals surface area contributed by atoms with E-state index < -0.39 is 0 Å². The van der Waals surface area contributed by atoms with Crippen molar-refractivity contribution in [2.24, 2.45) is 0 Å². The van der Waals surface area contributed by atoms with Crippen LogP contribution >= 0.6 is 11.8 Å². The predicted octanol–water partition coefficient (Wildman–Crippen LogP) is 4.84.